The van der Waals surface area contributed by atoms with Crippen molar-refractivity contribution in [2.45, 2.75) is 57.6 Å². The second-order valence-electron chi connectivity index (χ2n) is 7.04. The maximum absolute atomic E-state index is 12.2. The number of carbonyl (C=O) groups is 3. The highest BCUT2D eigenvalue weighted by Crippen LogP contribution is 2.35. The number of hydrogen-bond donors (Lipinski definition) is 3. The molecule has 7 heteroatoms. The minimum Gasteiger partial charge on any atom is -0.366 e. The van der Waals surface area contributed by atoms with Crippen molar-refractivity contribution in [3.63, 3.8) is 0 Å². The lowest BCUT2D eigenvalue weighted by molar-refractivity contribution is -0.132. The Kier molecular flexibility index (Phi) is 4.75. The lowest BCUT2D eigenvalue weighted by Gasteiger charge is -2.32. The van der Waals surface area contributed by atoms with E-state index in [1.54, 1.807) is 0 Å². The molecule has 3 N–H and O–H groups in total. The zero-order chi connectivity index (χ0) is 16.4. The zero-order valence-electron chi connectivity index (χ0n) is 13.5. The van der Waals surface area contributed by atoms with Gasteiger partial charge in [0.1, 0.15) is 12.1 Å². The van der Waals surface area contributed by atoms with E-state index in [1.165, 1.54) is 0 Å². The molecule has 1 heterocycles. The van der Waals surface area contributed by atoms with Crippen molar-refractivity contribution in [2.24, 2.45) is 5.92 Å². The molecule has 4 amide bonds. The highest BCUT2D eigenvalue weighted by molar-refractivity contribution is 6.07. The molecular weight excluding hydrogens is 286 g/mol. The Labute approximate surface area is 130 Å². The first kappa shape index (κ1) is 16.7. The summed E-state index contributed by atoms with van der Waals surface area (Å²) in [6, 6.07) is -0.489. The summed E-state index contributed by atoms with van der Waals surface area (Å²) in [5.74, 6) is -0.578. The van der Waals surface area contributed by atoms with Crippen LogP contribution in [0.4, 0.5) is 4.79 Å². The van der Waals surface area contributed by atoms with Gasteiger partial charge in [0.2, 0.25) is 5.91 Å². The van der Waals surface area contributed by atoms with Gasteiger partial charge in [-0.3, -0.25) is 14.9 Å². The zero-order valence-corrected chi connectivity index (χ0v) is 13.5. The molecule has 0 aromatic carbocycles. The van der Waals surface area contributed by atoms with Crippen LogP contribution < -0.4 is 16.0 Å². The number of hydrogen-bond acceptors (Lipinski definition) is 4. The molecule has 0 aromatic rings. The number of carbonyl (C=O) groups excluding carboxylic acids is 3. The van der Waals surface area contributed by atoms with Gasteiger partial charge in [0, 0.05) is 0 Å². The first-order valence-corrected chi connectivity index (χ1v) is 7.77. The van der Waals surface area contributed by atoms with E-state index in [1.807, 2.05) is 20.8 Å². The number of ether oxygens (including phenoxy) is 1. The summed E-state index contributed by atoms with van der Waals surface area (Å²) in [5.41, 5.74) is -1.43. The Morgan fingerprint density at radius 3 is 2.45 bits per heavy atom. The lowest BCUT2D eigenvalue weighted by atomic mass is 9.82. The molecule has 1 aliphatic carbocycles. The van der Waals surface area contributed by atoms with E-state index in [2.05, 4.69) is 16.0 Å². The van der Waals surface area contributed by atoms with E-state index >= 15 is 0 Å². The van der Waals surface area contributed by atoms with Gasteiger partial charge in [0.25, 0.3) is 5.91 Å². The summed E-state index contributed by atoms with van der Waals surface area (Å²) >= 11 is 0. The fourth-order valence-electron chi connectivity index (χ4n) is 3.05. The van der Waals surface area contributed by atoms with Crippen LogP contribution in [0, 0.1) is 5.92 Å². The smallest absolute Gasteiger partial charge is 0.322 e. The fraction of sp³-hybridized carbons (Fsp3) is 0.800. The molecule has 1 unspecified atom stereocenters. The molecule has 2 aliphatic rings. The molecule has 124 valence electrons. The van der Waals surface area contributed by atoms with Gasteiger partial charge in [0.05, 0.1) is 12.1 Å². The van der Waals surface area contributed by atoms with Gasteiger partial charge in [-0.15, -0.1) is 0 Å². The van der Waals surface area contributed by atoms with Gasteiger partial charge in [-0.25, -0.2) is 4.79 Å². The van der Waals surface area contributed by atoms with Crippen LogP contribution >= 0.6 is 0 Å². The van der Waals surface area contributed by atoms with Gasteiger partial charge >= 0.3 is 6.03 Å². The lowest BCUT2D eigenvalue weighted by Crippen LogP contribution is -2.59. The Bertz CT molecular complexity index is 466. The Morgan fingerprint density at radius 2 is 1.95 bits per heavy atom. The fourth-order valence-corrected chi connectivity index (χ4v) is 3.05. The van der Waals surface area contributed by atoms with Crippen molar-refractivity contribution in [1.82, 2.24) is 16.0 Å². The first-order valence-electron chi connectivity index (χ1n) is 7.77. The van der Waals surface area contributed by atoms with Crippen molar-refractivity contribution in [3.8, 4) is 0 Å². The van der Waals surface area contributed by atoms with Crippen LogP contribution in [-0.2, 0) is 14.3 Å². The van der Waals surface area contributed by atoms with Gasteiger partial charge < -0.3 is 15.4 Å². The van der Waals surface area contributed by atoms with E-state index in [-0.39, 0.29) is 30.9 Å². The molecule has 1 aliphatic heterocycles. The van der Waals surface area contributed by atoms with E-state index in [0.717, 1.165) is 25.7 Å². The highest BCUT2D eigenvalue weighted by Gasteiger charge is 2.52. The van der Waals surface area contributed by atoms with Crippen LogP contribution in [0.5, 0.6) is 0 Å². The number of rotatable bonds is 5. The quantitative estimate of drug-likeness (QED) is 0.651. The molecule has 22 heavy (non-hydrogen) atoms. The summed E-state index contributed by atoms with van der Waals surface area (Å²) in [5, 5.41) is 7.75. The van der Waals surface area contributed by atoms with Crippen molar-refractivity contribution >= 4 is 17.8 Å². The van der Waals surface area contributed by atoms with Gasteiger partial charge in [-0.1, -0.05) is 12.8 Å². The number of amides is 4. The summed E-state index contributed by atoms with van der Waals surface area (Å²) in [6.45, 7) is 5.63. The van der Waals surface area contributed by atoms with Crippen LogP contribution in [-0.4, -0.2) is 42.1 Å². The van der Waals surface area contributed by atoms with Gasteiger partial charge in [-0.2, -0.15) is 0 Å². The van der Waals surface area contributed by atoms with Crippen LogP contribution in [0.15, 0.2) is 0 Å². The number of nitrogens with one attached hydrogen (secondary N) is 3. The van der Waals surface area contributed by atoms with Gasteiger partial charge in [0.15, 0.2) is 0 Å². The molecular formula is C15H25N3O4. The molecule has 0 aromatic heterocycles. The average Bonchev–Trinajstić information content (AvgIpc) is 3.02. The minimum atomic E-state index is -1.02. The summed E-state index contributed by atoms with van der Waals surface area (Å²) in [4.78, 5) is 35.7. The van der Waals surface area contributed by atoms with Crippen LogP contribution in [0.2, 0.25) is 0 Å². The topological polar surface area (TPSA) is 96.5 Å². The number of urea groups is 1. The molecule has 2 rings (SSSR count). The Hall–Kier alpha value is -1.63. The summed E-state index contributed by atoms with van der Waals surface area (Å²) in [6.07, 6.45) is 3.83. The average molecular weight is 311 g/mol. The Balaban J connectivity index is 1.98. The van der Waals surface area contributed by atoms with E-state index in [4.69, 9.17) is 4.74 Å². The molecule has 0 radical (unpaired) electrons. The van der Waals surface area contributed by atoms with E-state index in [9.17, 15) is 14.4 Å². The SMILES string of the molecule is CC(C)(C)OCC(=O)NCC1(C2CCCC2)NC(=O)NC1=O. The monoisotopic (exact) mass is 311 g/mol. The molecule has 1 saturated carbocycles. The normalized spacial score (nSPS) is 26.0. The predicted molar refractivity (Wildman–Crippen MR) is 80.1 cm³/mol. The predicted octanol–water partition coefficient (Wildman–Crippen LogP) is 0.686. The van der Waals surface area contributed by atoms with Crippen LogP contribution in [0.1, 0.15) is 46.5 Å². The van der Waals surface area contributed by atoms with Crippen molar-refractivity contribution in [2.75, 3.05) is 13.2 Å². The van der Waals surface area contributed by atoms with E-state index in [0.29, 0.717) is 0 Å². The second kappa shape index (κ2) is 6.24. The van der Waals surface area contributed by atoms with E-state index < -0.39 is 17.2 Å². The van der Waals surface area contributed by atoms with Crippen molar-refractivity contribution in [3.05, 3.63) is 0 Å². The third-order valence-corrected chi connectivity index (χ3v) is 4.22. The largest absolute Gasteiger partial charge is 0.366 e. The number of imide groups is 1. The molecule has 1 atom stereocenters. The Morgan fingerprint density at radius 1 is 1.32 bits per heavy atom. The first-order chi connectivity index (χ1) is 10.2. The molecule has 2 fully saturated rings. The third-order valence-electron chi connectivity index (χ3n) is 4.22. The summed E-state index contributed by atoms with van der Waals surface area (Å²) in [7, 11) is 0. The van der Waals surface area contributed by atoms with Gasteiger partial charge in [-0.05, 0) is 39.5 Å². The van der Waals surface area contributed by atoms with Crippen molar-refractivity contribution < 1.29 is 19.1 Å². The third kappa shape index (κ3) is 3.76. The maximum Gasteiger partial charge on any atom is 0.322 e. The minimum absolute atomic E-state index is 0.0581. The molecule has 7 nitrogen and oxygen atoms in total. The van der Waals surface area contributed by atoms with Crippen LogP contribution in [0.3, 0.4) is 0 Å². The summed E-state index contributed by atoms with van der Waals surface area (Å²) < 4.78 is 5.41. The highest BCUT2D eigenvalue weighted by atomic mass is 16.5. The van der Waals surface area contributed by atoms with Crippen LogP contribution in [0.25, 0.3) is 0 Å². The standard InChI is InChI=1S/C15H25N3O4/c1-14(2,3)22-8-11(19)16-9-15(10-6-4-5-7-10)12(20)17-13(21)18-15/h10H,4-9H2,1-3H3,(H,16,19)(H2,17,18,20,21). The molecule has 0 spiro atoms. The molecule has 1 saturated heterocycles. The van der Waals surface area contributed by atoms with Crippen molar-refractivity contribution in [1.29, 1.82) is 0 Å². The maximum atomic E-state index is 12.2. The second-order valence-corrected chi connectivity index (χ2v) is 7.04. The molecule has 0 bridgehead atoms.